The average molecular weight is 353 g/mol. The van der Waals surface area contributed by atoms with Gasteiger partial charge in [0.1, 0.15) is 12.6 Å². The molecule has 8 nitrogen and oxygen atoms in total. The van der Waals surface area contributed by atoms with Crippen LogP contribution in [0.4, 0.5) is 5.82 Å². The van der Waals surface area contributed by atoms with Gasteiger partial charge in [-0.3, -0.25) is 9.36 Å². The van der Waals surface area contributed by atoms with Crippen molar-refractivity contribution >= 4 is 22.9 Å². The monoisotopic (exact) mass is 353 g/mol. The zero-order valence-corrected chi connectivity index (χ0v) is 14.3. The lowest BCUT2D eigenvalue weighted by Crippen LogP contribution is -2.16. The maximum Gasteiger partial charge on any atom is 0.256 e. The molecule has 1 saturated heterocycles. The average Bonchev–Trinajstić information content (AvgIpc) is 3.30. The molecular formula is C18H19N5O3. The second kappa shape index (κ2) is 7.19. The molecule has 0 spiro atoms. The van der Waals surface area contributed by atoms with Crippen molar-refractivity contribution in [3.8, 4) is 0 Å². The minimum absolute atomic E-state index is 0.0709. The number of methoxy groups -OCH3 is 1. The van der Waals surface area contributed by atoms with Crippen LogP contribution in [0.3, 0.4) is 0 Å². The Labute approximate surface area is 150 Å². The Kier molecular flexibility index (Phi) is 4.59. The minimum atomic E-state index is -0.238. The number of imidazole rings is 1. The summed E-state index contributed by atoms with van der Waals surface area (Å²) in [5.41, 5.74) is 1.72. The molecule has 0 aliphatic carbocycles. The van der Waals surface area contributed by atoms with E-state index in [1.165, 1.54) is 6.33 Å². The van der Waals surface area contributed by atoms with Crippen molar-refractivity contribution in [3.63, 3.8) is 0 Å². The molecule has 4 rings (SSSR count). The Morgan fingerprint density at radius 2 is 2.12 bits per heavy atom. The summed E-state index contributed by atoms with van der Waals surface area (Å²) in [4.78, 5) is 25.3. The summed E-state index contributed by atoms with van der Waals surface area (Å²) in [6, 6.07) is 8.98. The molecule has 0 radical (unpaired) electrons. The van der Waals surface area contributed by atoms with Gasteiger partial charge in [0.25, 0.3) is 5.91 Å². The van der Waals surface area contributed by atoms with Crippen molar-refractivity contribution in [1.82, 2.24) is 19.5 Å². The topological polar surface area (TPSA) is 91.2 Å². The molecule has 3 heterocycles. The molecule has 1 amide bonds. The van der Waals surface area contributed by atoms with Gasteiger partial charge >= 0.3 is 0 Å². The van der Waals surface area contributed by atoms with Gasteiger partial charge in [-0.1, -0.05) is 18.2 Å². The van der Waals surface area contributed by atoms with E-state index in [4.69, 9.17) is 9.47 Å². The van der Waals surface area contributed by atoms with E-state index in [1.807, 2.05) is 22.8 Å². The molecule has 2 atom stereocenters. The number of ether oxygens (including phenoxy) is 2. The third-order valence-corrected chi connectivity index (χ3v) is 4.37. The number of carbonyl (C=O) groups is 1. The van der Waals surface area contributed by atoms with Crippen LogP contribution in [-0.2, 0) is 9.47 Å². The van der Waals surface area contributed by atoms with E-state index in [0.717, 1.165) is 12.8 Å². The summed E-state index contributed by atoms with van der Waals surface area (Å²) in [7, 11) is 1.66. The SMILES string of the molecule is COC[C@@H]1CC[C@H](n2cnc3c(NC(=O)c4ccccc4)ncnc32)O1. The molecule has 0 unspecified atom stereocenters. The van der Waals surface area contributed by atoms with Crippen molar-refractivity contribution in [3.05, 3.63) is 48.5 Å². The third-order valence-electron chi connectivity index (χ3n) is 4.37. The fraction of sp³-hybridized carbons (Fsp3) is 0.333. The summed E-state index contributed by atoms with van der Waals surface area (Å²) < 4.78 is 13.0. The maximum absolute atomic E-state index is 12.4. The Morgan fingerprint density at radius 1 is 1.27 bits per heavy atom. The molecule has 1 fully saturated rings. The number of anilines is 1. The lowest BCUT2D eigenvalue weighted by atomic mass is 10.2. The van der Waals surface area contributed by atoms with E-state index < -0.39 is 0 Å². The van der Waals surface area contributed by atoms with Crippen LogP contribution in [0, 0.1) is 0 Å². The first-order valence-electron chi connectivity index (χ1n) is 8.44. The van der Waals surface area contributed by atoms with Crippen LogP contribution in [0.2, 0.25) is 0 Å². The van der Waals surface area contributed by atoms with Gasteiger partial charge in [-0.2, -0.15) is 0 Å². The van der Waals surface area contributed by atoms with Crippen molar-refractivity contribution in [1.29, 1.82) is 0 Å². The van der Waals surface area contributed by atoms with E-state index >= 15 is 0 Å². The Hall–Kier alpha value is -2.84. The second-order valence-corrected chi connectivity index (χ2v) is 6.11. The van der Waals surface area contributed by atoms with Crippen LogP contribution in [0.15, 0.2) is 43.0 Å². The lowest BCUT2D eigenvalue weighted by molar-refractivity contribution is -0.0300. The van der Waals surface area contributed by atoms with Crippen LogP contribution in [-0.4, -0.2) is 45.2 Å². The number of hydrogen-bond donors (Lipinski definition) is 1. The predicted molar refractivity (Wildman–Crippen MR) is 94.7 cm³/mol. The summed E-state index contributed by atoms with van der Waals surface area (Å²) in [5.74, 6) is 0.145. The molecule has 2 aromatic heterocycles. The number of carbonyl (C=O) groups excluding carboxylic acids is 1. The molecule has 0 saturated carbocycles. The largest absolute Gasteiger partial charge is 0.382 e. The standard InChI is InChI=1S/C18H19N5O3/c1-25-9-13-7-8-14(26-13)23-11-21-15-16(19-10-20-17(15)23)22-18(24)12-5-3-2-4-6-12/h2-6,10-11,13-14H,7-9H2,1H3,(H,19,20,22,24)/t13-,14+/m0/s1. The fourth-order valence-corrected chi connectivity index (χ4v) is 3.12. The van der Waals surface area contributed by atoms with Gasteiger partial charge < -0.3 is 14.8 Å². The van der Waals surface area contributed by atoms with Crippen LogP contribution < -0.4 is 5.32 Å². The van der Waals surface area contributed by atoms with Crippen LogP contribution >= 0.6 is 0 Å². The number of nitrogens with one attached hydrogen (secondary N) is 1. The normalized spacial score (nSPS) is 19.7. The van der Waals surface area contributed by atoms with E-state index in [2.05, 4.69) is 20.3 Å². The number of rotatable bonds is 5. The molecule has 134 valence electrons. The number of benzene rings is 1. The first-order valence-corrected chi connectivity index (χ1v) is 8.44. The van der Waals surface area contributed by atoms with E-state index in [-0.39, 0.29) is 18.2 Å². The molecule has 8 heteroatoms. The zero-order valence-electron chi connectivity index (χ0n) is 14.3. The third kappa shape index (κ3) is 3.16. The van der Waals surface area contributed by atoms with Gasteiger partial charge in [0.15, 0.2) is 17.0 Å². The molecule has 1 aliphatic heterocycles. The first-order chi connectivity index (χ1) is 12.8. The van der Waals surface area contributed by atoms with Gasteiger partial charge in [0.2, 0.25) is 0 Å². The first kappa shape index (κ1) is 16.6. The smallest absolute Gasteiger partial charge is 0.256 e. The van der Waals surface area contributed by atoms with E-state index in [0.29, 0.717) is 29.2 Å². The van der Waals surface area contributed by atoms with Gasteiger partial charge in [-0.05, 0) is 25.0 Å². The maximum atomic E-state index is 12.4. The van der Waals surface area contributed by atoms with Gasteiger partial charge in [-0.25, -0.2) is 15.0 Å². The van der Waals surface area contributed by atoms with E-state index in [9.17, 15) is 4.79 Å². The molecule has 1 aromatic carbocycles. The Balaban J connectivity index is 1.59. The van der Waals surface area contributed by atoms with Crippen molar-refractivity contribution in [2.75, 3.05) is 19.0 Å². The van der Waals surface area contributed by atoms with Crippen LogP contribution in [0.1, 0.15) is 29.4 Å². The molecule has 0 bridgehead atoms. The highest BCUT2D eigenvalue weighted by atomic mass is 16.5. The summed E-state index contributed by atoms with van der Waals surface area (Å²) in [5, 5.41) is 2.81. The lowest BCUT2D eigenvalue weighted by Gasteiger charge is -2.14. The van der Waals surface area contributed by atoms with Crippen molar-refractivity contribution in [2.24, 2.45) is 0 Å². The molecule has 1 aliphatic rings. The van der Waals surface area contributed by atoms with Crippen LogP contribution in [0.25, 0.3) is 11.2 Å². The number of fused-ring (bicyclic) bond motifs is 1. The number of aromatic nitrogens is 4. The molecule has 1 N–H and O–H groups in total. The van der Waals surface area contributed by atoms with Crippen molar-refractivity contribution in [2.45, 2.75) is 25.2 Å². The number of nitrogens with zero attached hydrogens (tertiary/aromatic N) is 4. The molecule has 3 aromatic rings. The highest BCUT2D eigenvalue weighted by Crippen LogP contribution is 2.31. The highest BCUT2D eigenvalue weighted by Gasteiger charge is 2.28. The minimum Gasteiger partial charge on any atom is -0.382 e. The quantitative estimate of drug-likeness (QED) is 0.757. The van der Waals surface area contributed by atoms with Gasteiger partial charge in [0, 0.05) is 12.7 Å². The van der Waals surface area contributed by atoms with Gasteiger partial charge in [-0.15, -0.1) is 0 Å². The summed E-state index contributed by atoms with van der Waals surface area (Å²) in [6.07, 6.45) is 4.80. The summed E-state index contributed by atoms with van der Waals surface area (Å²) in [6.45, 7) is 0.566. The second-order valence-electron chi connectivity index (χ2n) is 6.11. The zero-order chi connectivity index (χ0) is 17.9. The van der Waals surface area contributed by atoms with Crippen LogP contribution in [0.5, 0.6) is 0 Å². The number of hydrogen-bond acceptors (Lipinski definition) is 6. The fourth-order valence-electron chi connectivity index (χ4n) is 3.12. The number of amides is 1. The van der Waals surface area contributed by atoms with Gasteiger partial charge in [0.05, 0.1) is 19.0 Å². The molecular weight excluding hydrogens is 334 g/mol. The molecule has 26 heavy (non-hydrogen) atoms. The Bertz CT molecular complexity index is 912. The van der Waals surface area contributed by atoms with E-state index in [1.54, 1.807) is 25.6 Å². The van der Waals surface area contributed by atoms with Crippen molar-refractivity contribution < 1.29 is 14.3 Å². The Morgan fingerprint density at radius 3 is 2.92 bits per heavy atom. The highest BCUT2D eigenvalue weighted by molar-refractivity contribution is 6.06. The predicted octanol–water partition coefficient (Wildman–Crippen LogP) is 2.40. The summed E-state index contributed by atoms with van der Waals surface area (Å²) >= 11 is 0.